The van der Waals surface area contributed by atoms with Crippen LogP contribution in [0.4, 0.5) is 11.4 Å². The molecule has 1 aromatic heterocycles. The number of piperazine rings is 1. The van der Waals surface area contributed by atoms with Crippen LogP contribution in [0.25, 0.3) is 0 Å². The number of benzene rings is 1. The fourth-order valence-electron chi connectivity index (χ4n) is 4.85. The zero-order valence-electron chi connectivity index (χ0n) is 16.7. The monoisotopic (exact) mass is 375 g/mol. The van der Waals surface area contributed by atoms with Crippen LogP contribution in [0, 0.1) is 0 Å². The van der Waals surface area contributed by atoms with E-state index in [0.717, 1.165) is 51.4 Å². The number of pyridine rings is 1. The van der Waals surface area contributed by atoms with Gasteiger partial charge >= 0.3 is 0 Å². The molecule has 0 spiro atoms. The van der Waals surface area contributed by atoms with Crippen LogP contribution in [-0.2, 0) is 13.0 Å². The van der Waals surface area contributed by atoms with Crippen LogP contribution in [0.15, 0.2) is 47.6 Å². The maximum Gasteiger partial charge on any atom is 0.0686 e. The fraction of sp³-hybridized carbons (Fsp3) is 0.478. The summed E-state index contributed by atoms with van der Waals surface area (Å²) in [5.41, 5.74) is 6.54. The second-order valence-electron chi connectivity index (χ2n) is 8.29. The molecule has 28 heavy (non-hydrogen) atoms. The standard InChI is InChI=1S/C23H29N5/c1-26-12-14-27(15-13-26)22-8-4-7-20-19(22)16-21(25-20)23-9-5-11-28(23)17-18-6-2-3-10-24-18/h2-4,6-8,10,23H,5,9,11-17H2,1H3. The molecular formula is C23H29N5. The van der Waals surface area contributed by atoms with Crippen LogP contribution in [0.1, 0.15) is 24.1 Å². The minimum absolute atomic E-state index is 0.453. The van der Waals surface area contributed by atoms with Gasteiger partial charge in [-0.1, -0.05) is 12.1 Å². The zero-order chi connectivity index (χ0) is 18.9. The van der Waals surface area contributed by atoms with E-state index in [1.165, 1.54) is 35.5 Å². The molecule has 1 aromatic carbocycles. The Kier molecular flexibility index (Phi) is 4.87. The lowest BCUT2D eigenvalue weighted by Crippen LogP contribution is -2.44. The average Bonchev–Trinajstić information content (AvgIpc) is 3.35. The number of hydrogen-bond donors (Lipinski definition) is 0. The highest BCUT2D eigenvalue weighted by Crippen LogP contribution is 2.37. The molecular weight excluding hydrogens is 346 g/mol. The number of likely N-dealkylation sites (N-methyl/N-ethyl adjacent to an activating group) is 1. The highest BCUT2D eigenvalue weighted by molar-refractivity contribution is 5.99. The van der Waals surface area contributed by atoms with Crippen molar-refractivity contribution in [2.24, 2.45) is 4.99 Å². The number of hydrogen-bond acceptors (Lipinski definition) is 5. The fourth-order valence-corrected chi connectivity index (χ4v) is 4.85. The molecule has 1 atom stereocenters. The molecule has 2 fully saturated rings. The molecule has 0 radical (unpaired) electrons. The Morgan fingerprint density at radius 1 is 1.00 bits per heavy atom. The summed E-state index contributed by atoms with van der Waals surface area (Å²) in [6.07, 6.45) is 5.36. The van der Waals surface area contributed by atoms with Crippen LogP contribution >= 0.6 is 0 Å². The molecule has 3 aliphatic heterocycles. The summed E-state index contributed by atoms with van der Waals surface area (Å²) in [6.45, 7) is 6.55. The summed E-state index contributed by atoms with van der Waals surface area (Å²) in [7, 11) is 2.21. The topological polar surface area (TPSA) is 35.0 Å². The molecule has 4 heterocycles. The smallest absolute Gasteiger partial charge is 0.0686 e. The number of rotatable bonds is 4. The molecule has 3 aliphatic rings. The number of nitrogens with zero attached hydrogens (tertiary/aromatic N) is 5. The quantitative estimate of drug-likeness (QED) is 0.822. The largest absolute Gasteiger partial charge is 0.369 e. The van der Waals surface area contributed by atoms with Gasteiger partial charge in [0.2, 0.25) is 0 Å². The highest BCUT2D eigenvalue weighted by Gasteiger charge is 2.33. The molecule has 5 heteroatoms. The van der Waals surface area contributed by atoms with Crippen molar-refractivity contribution < 1.29 is 0 Å². The van der Waals surface area contributed by atoms with Crippen molar-refractivity contribution in [1.82, 2.24) is 14.8 Å². The van der Waals surface area contributed by atoms with Gasteiger partial charge in [-0.05, 0) is 50.7 Å². The Bertz CT molecular complexity index is 855. The van der Waals surface area contributed by atoms with E-state index < -0.39 is 0 Å². The molecule has 2 saturated heterocycles. The predicted octanol–water partition coefficient (Wildman–Crippen LogP) is 3.13. The van der Waals surface area contributed by atoms with Gasteiger partial charge < -0.3 is 9.80 Å². The Labute approximate surface area is 167 Å². The summed E-state index contributed by atoms with van der Waals surface area (Å²) in [4.78, 5) is 17.2. The lowest BCUT2D eigenvalue weighted by molar-refractivity contribution is 0.289. The third kappa shape index (κ3) is 3.45. The van der Waals surface area contributed by atoms with Crippen molar-refractivity contribution >= 4 is 17.1 Å². The van der Waals surface area contributed by atoms with Crippen molar-refractivity contribution in [3.8, 4) is 0 Å². The van der Waals surface area contributed by atoms with Gasteiger partial charge in [0.05, 0.1) is 11.4 Å². The average molecular weight is 376 g/mol. The summed E-state index contributed by atoms with van der Waals surface area (Å²) in [5, 5.41) is 0. The first-order valence-electron chi connectivity index (χ1n) is 10.5. The van der Waals surface area contributed by atoms with Gasteiger partial charge in [-0.2, -0.15) is 0 Å². The van der Waals surface area contributed by atoms with E-state index in [-0.39, 0.29) is 0 Å². The molecule has 5 nitrogen and oxygen atoms in total. The van der Waals surface area contributed by atoms with E-state index in [0.29, 0.717) is 6.04 Å². The van der Waals surface area contributed by atoms with Gasteiger partial charge in [0.1, 0.15) is 0 Å². The van der Waals surface area contributed by atoms with Crippen molar-refractivity contribution in [3.05, 3.63) is 53.9 Å². The molecule has 5 rings (SSSR count). The van der Waals surface area contributed by atoms with Crippen LogP contribution < -0.4 is 4.90 Å². The number of fused-ring (bicyclic) bond motifs is 1. The van der Waals surface area contributed by atoms with E-state index in [1.54, 1.807) is 0 Å². The third-order valence-electron chi connectivity index (χ3n) is 6.43. The first-order valence-corrected chi connectivity index (χ1v) is 10.5. The van der Waals surface area contributed by atoms with Crippen molar-refractivity contribution in [2.75, 3.05) is 44.7 Å². The highest BCUT2D eigenvalue weighted by atomic mass is 15.3. The van der Waals surface area contributed by atoms with Gasteiger partial charge in [-0.3, -0.25) is 14.9 Å². The first kappa shape index (κ1) is 17.8. The summed E-state index contributed by atoms with van der Waals surface area (Å²) in [5.74, 6) is 0. The van der Waals surface area contributed by atoms with E-state index in [9.17, 15) is 0 Å². The Morgan fingerprint density at radius 3 is 2.71 bits per heavy atom. The first-order chi connectivity index (χ1) is 13.8. The number of likely N-dealkylation sites (tertiary alicyclic amines) is 1. The van der Waals surface area contributed by atoms with Crippen LogP contribution in [-0.4, -0.2) is 66.3 Å². The summed E-state index contributed by atoms with van der Waals surface area (Å²) in [6, 6.07) is 13.3. The Balaban J connectivity index is 1.34. The van der Waals surface area contributed by atoms with E-state index in [4.69, 9.17) is 4.99 Å². The summed E-state index contributed by atoms with van der Waals surface area (Å²) >= 11 is 0. The SMILES string of the molecule is CN1CCN(c2cccc3c2CC(C2CCCN2Cc2ccccn2)=N3)CC1. The number of aliphatic imine (C=N–C) groups is 1. The van der Waals surface area contributed by atoms with Gasteiger partial charge in [0.15, 0.2) is 0 Å². The van der Waals surface area contributed by atoms with Crippen molar-refractivity contribution in [3.63, 3.8) is 0 Å². The molecule has 0 amide bonds. The molecule has 0 bridgehead atoms. The minimum Gasteiger partial charge on any atom is -0.369 e. The van der Waals surface area contributed by atoms with Crippen molar-refractivity contribution in [2.45, 2.75) is 31.8 Å². The molecule has 2 aromatic rings. The maximum absolute atomic E-state index is 5.11. The second kappa shape index (κ2) is 7.64. The lowest BCUT2D eigenvalue weighted by Gasteiger charge is -2.35. The predicted molar refractivity (Wildman–Crippen MR) is 115 cm³/mol. The van der Waals surface area contributed by atoms with Gasteiger partial charge in [-0.15, -0.1) is 0 Å². The second-order valence-corrected chi connectivity index (χ2v) is 8.29. The number of anilines is 1. The van der Waals surface area contributed by atoms with E-state index in [2.05, 4.69) is 57.1 Å². The molecule has 146 valence electrons. The van der Waals surface area contributed by atoms with Gasteiger partial charge in [0, 0.05) is 68.3 Å². The molecule has 0 saturated carbocycles. The zero-order valence-corrected chi connectivity index (χ0v) is 16.7. The number of aromatic nitrogens is 1. The van der Waals surface area contributed by atoms with Crippen LogP contribution in [0.3, 0.4) is 0 Å². The summed E-state index contributed by atoms with van der Waals surface area (Å²) < 4.78 is 0. The molecule has 1 unspecified atom stereocenters. The van der Waals surface area contributed by atoms with Crippen LogP contribution in [0.5, 0.6) is 0 Å². The van der Waals surface area contributed by atoms with Crippen molar-refractivity contribution in [1.29, 1.82) is 0 Å². The molecule has 0 aliphatic carbocycles. The lowest BCUT2D eigenvalue weighted by atomic mass is 10.0. The third-order valence-corrected chi connectivity index (χ3v) is 6.43. The van der Waals surface area contributed by atoms with Gasteiger partial charge in [-0.25, -0.2) is 0 Å². The Hall–Kier alpha value is -2.24. The van der Waals surface area contributed by atoms with E-state index >= 15 is 0 Å². The normalized spacial score (nSPS) is 23.1. The van der Waals surface area contributed by atoms with Gasteiger partial charge in [0.25, 0.3) is 0 Å². The molecule has 0 N–H and O–H groups in total. The minimum atomic E-state index is 0.453. The van der Waals surface area contributed by atoms with Crippen LogP contribution in [0.2, 0.25) is 0 Å². The Morgan fingerprint density at radius 2 is 1.89 bits per heavy atom. The van der Waals surface area contributed by atoms with E-state index in [1.807, 2.05) is 12.3 Å². The maximum atomic E-state index is 5.11.